The van der Waals surface area contributed by atoms with Crippen LogP contribution in [-0.4, -0.2) is 16.2 Å². The molecule has 0 aliphatic heterocycles. The number of aromatic carboxylic acids is 1. The van der Waals surface area contributed by atoms with E-state index < -0.39 is 5.97 Å². The van der Waals surface area contributed by atoms with Crippen molar-refractivity contribution in [1.82, 2.24) is 5.16 Å². The zero-order valence-corrected chi connectivity index (χ0v) is 12.0. The van der Waals surface area contributed by atoms with Crippen molar-refractivity contribution in [3.8, 4) is 0 Å². The van der Waals surface area contributed by atoms with Crippen LogP contribution in [0, 0.1) is 20.8 Å². The molecule has 1 atom stereocenters. The lowest BCUT2D eigenvalue weighted by Gasteiger charge is -2.17. The number of hydrogen-bond acceptors (Lipinski definition) is 4. The van der Waals surface area contributed by atoms with Gasteiger partial charge in [-0.25, -0.2) is 4.79 Å². The summed E-state index contributed by atoms with van der Waals surface area (Å²) in [6.07, 6.45) is 0. The molecular formula is C15H18N2O3. The molecule has 0 radical (unpaired) electrons. The lowest BCUT2D eigenvalue weighted by Crippen LogP contribution is -2.12. The van der Waals surface area contributed by atoms with Crippen LogP contribution in [0.4, 0.5) is 5.69 Å². The second-order valence-electron chi connectivity index (χ2n) is 4.96. The summed E-state index contributed by atoms with van der Waals surface area (Å²) in [5, 5.41) is 16.4. The SMILES string of the molecule is Cc1ccc(NC(C)c2c(C)noc2C)c(C(=O)O)c1. The largest absolute Gasteiger partial charge is 0.478 e. The molecule has 0 fully saturated rings. The zero-order chi connectivity index (χ0) is 14.9. The number of benzene rings is 1. The van der Waals surface area contributed by atoms with Gasteiger partial charge in [-0.15, -0.1) is 0 Å². The Morgan fingerprint density at radius 1 is 1.35 bits per heavy atom. The van der Waals surface area contributed by atoms with Crippen molar-refractivity contribution < 1.29 is 14.4 Å². The fraction of sp³-hybridized carbons (Fsp3) is 0.333. The summed E-state index contributed by atoms with van der Waals surface area (Å²) in [6, 6.07) is 5.24. The molecule has 0 amide bonds. The zero-order valence-electron chi connectivity index (χ0n) is 12.0. The molecule has 0 saturated carbocycles. The third kappa shape index (κ3) is 2.66. The monoisotopic (exact) mass is 274 g/mol. The Hall–Kier alpha value is -2.30. The first-order valence-electron chi connectivity index (χ1n) is 6.43. The van der Waals surface area contributed by atoms with E-state index in [1.54, 1.807) is 12.1 Å². The summed E-state index contributed by atoms with van der Waals surface area (Å²) < 4.78 is 5.14. The first-order chi connectivity index (χ1) is 9.40. The number of carboxylic acids is 1. The van der Waals surface area contributed by atoms with Crippen LogP contribution in [0.1, 0.15) is 45.9 Å². The van der Waals surface area contributed by atoms with Crippen molar-refractivity contribution in [2.45, 2.75) is 33.7 Å². The average Bonchev–Trinajstić information content (AvgIpc) is 2.71. The number of aromatic nitrogens is 1. The molecule has 1 heterocycles. The molecule has 1 unspecified atom stereocenters. The van der Waals surface area contributed by atoms with E-state index in [0.717, 1.165) is 22.6 Å². The van der Waals surface area contributed by atoms with Gasteiger partial charge in [0.2, 0.25) is 0 Å². The molecule has 1 aromatic carbocycles. The van der Waals surface area contributed by atoms with Gasteiger partial charge in [-0.2, -0.15) is 0 Å². The van der Waals surface area contributed by atoms with Gasteiger partial charge in [0.15, 0.2) is 0 Å². The van der Waals surface area contributed by atoms with Crippen molar-refractivity contribution in [3.63, 3.8) is 0 Å². The quantitative estimate of drug-likeness (QED) is 0.892. The number of nitrogens with one attached hydrogen (secondary N) is 1. The van der Waals surface area contributed by atoms with Crippen molar-refractivity contribution in [3.05, 3.63) is 46.3 Å². The van der Waals surface area contributed by atoms with E-state index in [0.29, 0.717) is 5.69 Å². The van der Waals surface area contributed by atoms with Gasteiger partial charge in [0, 0.05) is 11.3 Å². The number of anilines is 1. The second-order valence-corrected chi connectivity index (χ2v) is 4.96. The molecule has 5 heteroatoms. The van der Waals surface area contributed by atoms with E-state index in [2.05, 4.69) is 10.5 Å². The van der Waals surface area contributed by atoms with Gasteiger partial charge >= 0.3 is 5.97 Å². The van der Waals surface area contributed by atoms with E-state index in [1.165, 1.54) is 0 Å². The molecule has 2 N–H and O–H groups in total. The summed E-state index contributed by atoms with van der Waals surface area (Å²) in [5.74, 6) is -0.200. The van der Waals surface area contributed by atoms with Gasteiger partial charge < -0.3 is 14.9 Å². The van der Waals surface area contributed by atoms with Gasteiger partial charge in [0.25, 0.3) is 0 Å². The van der Waals surface area contributed by atoms with Crippen LogP contribution in [0.2, 0.25) is 0 Å². The van der Waals surface area contributed by atoms with Gasteiger partial charge in [-0.05, 0) is 39.8 Å². The van der Waals surface area contributed by atoms with Crippen LogP contribution in [0.15, 0.2) is 22.7 Å². The first kappa shape index (κ1) is 14.1. The highest BCUT2D eigenvalue weighted by Gasteiger charge is 2.18. The number of hydrogen-bond donors (Lipinski definition) is 2. The van der Waals surface area contributed by atoms with Crippen molar-refractivity contribution in [2.75, 3.05) is 5.32 Å². The van der Waals surface area contributed by atoms with Crippen LogP contribution < -0.4 is 5.32 Å². The highest BCUT2D eigenvalue weighted by molar-refractivity contribution is 5.94. The first-order valence-corrected chi connectivity index (χ1v) is 6.43. The highest BCUT2D eigenvalue weighted by atomic mass is 16.5. The standard InChI is InChI=1S/C15H18N2O3/c1-8-5-6-13(12(7-8)15(18)19)16-9(2)14-10(3)17-20-11(14)4/h5-7,9,16H,1-4H3,(H,18,19). The van der Waals surface area contributed by atoms with Crippen LogP contribution in [0.3, 0.4) is 0 Å². The summed E-state index contributed by atoms with van der Waals surface area (Å²) in [4.78, 5) is 11.3. The highest BCUT2D eigenvalue weighted by Crippen LogP contribution is 2.27. The Bertz CT molecular complexity index is 627. The molecule has 2 rings (SSSR count). The number of carboxylic acid groups (broad SMARTS) is 1. The molecule has 1 aromatic heterocycles. The smallest absolute Gasteiger partial charge is 0.337 e. The molecule has 5 nitrogen and oxygen atoms in total. The molecule has 20 heavy (non-hydrogen) atoms. The van der Waals surface area contributed by atoms with Gasteiger partial charge in [0.05, 0.1) is 17.3 Å². The minimum atomic E-state index is -0.942. The molecule has 0 saturated heterocycles. The van der Waals surface area contributed by atoms with Crippen LogP contribution in [0.5, 0.6) is 0 Å². The number of nitrogens with zero attached hydrogens (tertiary/aromatic N) is 1. The van der Waals surface area contributed by atoms with Crippen molar-refractivity contribution in [1.29, 1.82) is 0 Å². The van der Waals surface area contributed by atoms with Gasteiger partial charge in [-0.3, -0.25) is 0 Å². The fourth-order valence-electron chi connectivity index (χ4n) is 2.37. The molecule has 0 aliphatic carbocycles. The van der Waals surface area contributed by atoms with Crippen LogP contribution in [0.25, 0.3) is 0 Å². The Kier molecular flexibility index (Phi) is 3.79. The number of carbonyl (C=O) groups is 1. The summed E-state index contributed by atoms with van der Waals surface area (Å²) >= 11 is 0. The maximum absolute atomic E-state index is 11.3. The van der Waals surface area contributed by atoms with E-state index in [1.807, 2.05) is 33.8 Å². The maximum Gasteiger partial charge on any atom is 0.337 e. The predicted octanol–water partition coefficient (Wildman–Crippen LogP) is 3.47. The second kappa shape index (κ2) is 5.36. The van der Waals surface area contributed by atoms with Crippen LogP contribution >= 0.6 is 0 Å². The summed E-state index contributed by atoms with van der Waals surface area (Å²) in [6.45, 7) is 7.55. The minimum Gasteiger partial charge on any atom is -0.478 e. The molecule has 2 aromatic rings. The lowest BCUT2D eigenvalue weighted by molar-refractivity contribution is 0.0698. The van der Waals surface area contributed by atoms with Crippen molar-refractivity contribution >= 4 is 11.7 Å². The fourth-order valence-corrected chi connectivity index (χ4v) is 2.37. The minimum absolute atomic E-state index is 0.0814. The predicted molar refractivity (Wildman–Crippen MR) is 76.2 cm³/mol. The maximum atomic E-state index is 11.3. The summed E-state index contributed by atoms with van der Waals surface area (Å²) in [5.41, 5.74) is 3.55. The van der Waals surface area contributed by atoms with E-state index in [4.69, 9.17) is 4.52 Å². The molecule has 0 aliphatic rings. The third-order valence-corrected chi connectivity index (χ3v) is 3.30. The normalized spacial score (nSPS) is 12.2. The van der Waals surface area contributed by atoms with Crippen molar-refractivity contribution in [2.24, 2.45) is 0 Å². The Labute approximate surface area is 117 Å². The molecule has 106 valence electrons. The molecule has 0 spiro atoms. The number of aryl methyl sites for hydroxylation is 3. The summed E-state index contributed by atoms with van der Waals surface area (Å²) in [7, 11) is 0. The average molecular weight is 274 g/mol. The third-order valence-electron chi connectivity index (χ3n) is 3.30. The Morgan fingerprint density at radius 2 is 2.05 bits per heavy atom. The van der Waals surface area contributed by atoms with Crippen LogP contribution in [-0.2, 0) is 0 Å². The molecular weight excluding hydrogens is 256 g/mol. The topological polar surface area (TPSA) is 75.4 Å². The number of rotatable bonds is 4. The van der Waals surface area contributed by atoms with E-state index in [9.17, 15) is 9.90 Å². The Balaban J connectivity index is 2.33. The van der Waals surface area contributed by atoms with E-state index >= 15 is 0 Å². The van der Waals surface area contributed by atoms with E-state index in [-0.39, 0.29) is 11.6 Å². The Morgan fingerprint density at radius 3 is 2.60 bits per heavy atom. The van der Waals surface area contributed by atoms with Gasteiger partial charge in [-0.1, -0.05) is 16.8 Å². The van der Waals surface area contributed by atoms with Gasteiger partial charge in [0.1, 0.15) is 5.76 Å². The lowest BCUT2D eigenvalue weighted by atomic mass is 10.0. The molecule has 0 bridgehead atoms.